The molecule has 0 bridgehead atoms. The Morgan fingerprint density at radius 1 is 1.30 bits per heavy atom. The number of anilines is 1. The number of hydrogen-bond donors (Lipinski definition) is 0. The lowest BCUT2D eigenvalue weighted by Crippen LogP contribution is -2.56. The van der Waals surface area contributed by atoms with Gasteiger partial charge in [0, 0.05) is 31.1 Å². The molecule has 3 heterocycles. The van der Waals surface area contributed by atoms with E-state index in [9.17, 15) is 4.39 Å². The lowest BCUT2D eigenvalue weighted by atomic mass is 9.74. The van der Waals surface area contributed by atoms with Crippen molar-refractivity contribution in [3.05, 3.63) is 53.3 Å². The topological polar surface area (TPSA) is 48.7 Å². The van der Waals surface area contributed by atoms with Gasteiger partial charge in [-0.05, 0) is 42.7 Å². The fourth-order valence-corrected chi connectivity index (χ4v) is 5.49. The largest absolute Gasteiger partial charge is 0.492 e. The third-order valence-electron chi connectivity index (χ3n) is 6.81. The second kappa shape index (κ2) is 7.48. The zero-order valence-corrected chi connectivity index (χ0v) is 17.2. The van der Waals surface area contributed by atoms with Gasteiger partial charge in [0.05, 0.1) is 24.4 Å². The Balaban J connectivity index is 1.23. The molecule has 5 rings (SSSR count). The number of benzene rings is 2. The summed E-state index contributed by atoms with van der Waals surface area (Å²) in [6.07, 6.45) is 2.00. The molecule has 0 spiro atoms. The summed E-state index contributed by atoms with van der Waals surface area (Å²) in [5.74, 6) is 1.07. The minimum atomic E-state index is -0.418. The fraction of sp³-hybridized carbons (Fsp3) is 0.458. The van der Waals surface area contributed by atoms with Gasteiger partial charge in [-0.1, -0.05) is 19.1 Å². The van der Waals surface area contributed by atoms with Gasteiger partial charge in [-0.3, -0.25) is 0 Å². The molecule has 30 heavy (non-hydrogen) atoms. The van der Waals surface area contributed by atoms with Gasteiger partial charge in [-0.25, -0.2) is 4.39 Å². The van der Waals surface area contributed by atoms with E-state index in [1.54, 1.807) is 0 Å². The van der Waals surface area contributed by atoms with Gasteiger partial charge in [0.15, 0.2) is 0 Å². The van der Waals surface area contributed by atoms with Gasteiger partial charge in [-0.15, -0.1) is 0 Å². The summed E-state index contributed by atoms with van der Waals surface area (Å²) in [6, 6.07) is 13.1. The summed E-state index contributed by atoms with van der Waals surface area (Å²) >= 11 is 0. The number of para-hydroxylation sites is 1. The number of ether oxygens (including phenoxy) is 2. The number of likely N-dealkylation sites (tertiary alicyclic amines) is 1. The van der Waals surface area contributed by atoms with Crippen LogP contribution in [0.2, 0.25) is 0 Å². The van der Waals surface area contributed by atoms with E-state index in [0.29, 0.717) is 18.4 Å². The monoisotopic (exact) mass is 407 g/mol. The molecule has 0 radical (unpaired) electrons. The lowest BCUT2D eigenvalue weighted by molar-refractivity contribution is 0.131. The van der Waals surface area contributed by atoms with Crippen molar-refractivity contribution in [3.8, 4) is 17.6 Å². The molecule has 1 fully saturated rings. The summed E-state index contributed by atoms with van der Waals surface area (Å²) in [6.45, 7) is 7.67. The van der Waals surface area contributed by atoms with Crippen LogP contribution in [0.4, 0.5) is 10.1 Å². The van der Waals surface area contributed by atoms with Crippen LogP contribution in [0.1, 0.15) is 30.9 Å². The molecule has 2 aromatic carbocycles. The van der Waals surface area contributed by atoms with Crippen molar-refractivity contribution in [1.29, 1.82) is 5.26 Å². The highest BCUT2D eigenvalue weighted by atomic mass is 19.1. The highest BCUT2D eigenvalue weighted by molar-refractivity contribution is 5.73. The molecule has 2 atom stereocenters. The molecular weight excluding hydrogens is 381 g/mol. The van der Waals surface area contributed by atoms with Crippen molar-refractivity contribution in [3.63, 3.8) is 0 Å². The summed E-state index contributed by atoms with van der Waals surface area (Å²) in [5, 5.41) is 9.15. The van der Waals surface area contributed by atoms with E-state index < -0.39 is 5.82 Å². The van der Waals surface area contributed by atoms with Crippen molar-refractivity contribution < 1.29 is 13.9 Å². The van der Waals surface area contributed by atoms with Crippen LogP contribution in [0.15, 0.2) is 36.4 Å². The number of nitriles is 1. The predicted octanol–water partition coefficient (Wildman–Crippen LogP) is 3.71. The second-order valence-electron chi connectivity index (χ2n) is 8.65. The first-order chi connectivity index (χ1) is 14.6. The van der Waals surface area contributed by atoms with Crippen molar-refractivity contribution >= 4 is 5.69 Å². The minimum Gasteiger partial charge on any atom is -0.492 e. The second-order valence-corrected chi connectivity index (χ2v) is 8.65. The van der Waals surface area contributed by atoms with Crippen LogP contribution in [0.5, 0.6) is 11.5 Å². The number of rotatable bonds is 5. The van der Waals surface area contributed by atoms with E-state index in [0.717, 1.165) is 51.4 Å². The van der Waals surface area contributed by atoms with Crippen LogP contribution >= 0.6 is 0 Å². The Morgan fingerprint density at radius 3 is 3.07 bits per heavy atom. The highest BCUT2D eigenvalue weighted by Gasteiger charge is 2.52. The Labute approximate surface area is 176 Å². The van der Waals surface area contributed by atoms with Crippen molar-refractivity contribution in [2.24, 2.45) is 0 Å². The third-order valence-corrected chi connectivity index (χ3v) is 6.81. The molecular formula is C24H26FN3O2. The maximum absolute atomic E-state index is 13.3. The maximum Gasteiger partial charge on any atom is 0.143 e. The molecule has 0 aliphatic carbocycles. The quantitative estimate of drug-likeness (QED) is 0.708. The van der Waals surface area contributed by atoms with Crippen LogP contribution < -0.4 is 14.4 Å². The van der Waals surface area contributed by atoms with Gasteiger partial charge in [0.25, 0.3) is 0 Å². The smallest absolute Gasteiger partial charge is 0.143 e. The zero-order valence-electron chi connectivity index (χ0n) is 17.2. The van der Waals surface area contributed by atoms with Crippen LogP contribution in [-0.4, -0.2) is 50.3 Å². The molecule has 156 valence electrons. The zero-order chi connectivity index (χ0) is 20.7. The molecule has 2 aromatic rings. The fourth-order valence-electron chi connectivity index (χ4n) is 5.49. The maximum atomic E-state index is 13.3. The number of halogens is 1. The molecule has 0 saturated carbocycles. The minimum absolute atomic E-state index is 0.100. The lowest BCUT2D eigenvalue weighted by Gasteiger charge is -2.45. The predicted molar refractivity (Wildman–Crippen MR) is 113 cm³/mol. The molecule has 3 aliphatic rings. The van der Waals surface area contributed by atoms with Gasteiger partial charge in [0.1, 0.15) is 30.0 Å². The van der Waals surface area contributed by atoms with E-state index in [4.69, 9.17) is 14.7 Å². The van der Waals surface area contributed by atoms with E-state index in [2.05, 4.69) is 34.9 Å². The summed E-state index contributed by atoms with van der Waals surface area (Å²) in [5.41, 5.74) is 3.07. The molecule has 0 unspecified atom stereocenters. The summed E-state index contributed by atoms with van der Waals surface area (Å²) in [4.78, 5) is 5.10. The van der Waals surface area contributed by atoms with Gasteiger partial charge >= 0.3 is 0 Å². The van der Waals surface area contributed by atoms with E-state index >= 15 is 0 Å². The first kappa shape index (κ1) is 19.2. The Kier molecular flexibility index (Phi) is 4.79. The number of hydrogen-bond acceptors (Lipinski definition) is 5. The Morgan fingerprint density at radius 2 is 2.20 bits per heavy atom. The number of nitrogens with zero attached hydrogens (tertiary/aromatic N) is 3. The number of fused-ring (bicyclic) bond motifs is 3. The summed E-state index contributed by atoms with van der Waals surface area (Å²) < 4.78 is 25.0. The SMILES string of the molecule is C[C@@]12CN(CCCOc3ccc(F)cc3C#N)CC[C@@H]1N1CCOc3cccc2c31. The molecule has 0 amide bonds. The average molecular weight is 407 g/mol. The van der Waals surface area contributed by atoms with Crippen molar-refractivity contribution in [2.45, 2.75) is 31.2 Å². The van der Waals surface area contributed by atoms with E-state index in [1.807, 2.05) is 6.07 Å². The van der Waals surface area contributed by atoms with Gasteiger partial charge in [-0.2, -0.15) is 5.26 Å². The van der Waals surface area contributed by atoms with Gasteiger partial charge < -0.3 is 19.3 Å². The van der Waals surface area contributed by atoms with Crippen molar-refractivity contribution in [2.75, 3.05) is 44.3 Å². The Bertz CT molecular complexity index is 1000. The molecule has 3 aliphatic heterocycles. The van der Waals surface area contributed by atoms with Gasteiger partial charge in [0.2, 0.25) is 0 Å². The van der Waals surface area contributed by atoms with Crippen LogP contribution in [0, 0.1) is 17.1 Å². The molecule has 0 aromatic heterocycles. The molecule has 1 saturated heterocycles. The Hall–Kier alpha value is -2.78. The number of piperidine rings is 1. The third kappa shape index (κ3) is 3.09. The molecule has 0 N–H and O–H groups in total. The highest BCUT2D eigenvalue weighted by Crippen LogP contribution is 2.53. The van der Waals surface area contributed by atoms with Crippen molar-refractivity contribution in [1.82, 2.24) is 4.90 Å². The van der Waals surface area contributed by atoms with E-state index in [-0.39, 0.29) is 11.0 Å². The first-order valence-corrected chi connectivity index (χ1v) is 10.7. The van der Waals surface area contributed by atoms with Crippen LogP contribution in [0.3, 0.4) is 0 Å². The normalized spacial score (nSPS) is 24.6. The first-order valence-electron chi connectivity index (χ1n) is 10.7. The average Bonchev–Trinajstić information content (AvgIpc) is 3.02. The van der Waals surface area contributed by atoms with E-state index in [1.165, 1.54) is 29.4 Å². The molecule has 6 heteroatoms. The standard InChI is InChI=1S/C24H26FN3O2/c1-24-16-27(9-3-12-29-20-7-6-18(25)14-17(20)15-26)10-8-22(24)28-11-13-30-21-5-2-4-19(24)23(21)28/h2,4-7,14,22H,3,8-13,16H2,1H3/t22-,24-/m0/s1. The molecule has 5 nitrogen and oxygen atoms in total. The summed E-state index contributed by atoms with van der Waals surface area (Å²) in [7, 11) is 0. The van der Waals surface area contributed by atoms with Crippen LogP contribution in [-0.2, 0) is 5.41 Å². The van der Waals surface area contributed by atoms with Crippen LogP contribution in [0.25, 0.3) is 0 Å².